The summed E-state index contributed by atoms with van der Waals surface area (Å²) in [6, 6.07) is 24.6. The second-order valence-corrected chi connectivity index (χ2v) is 10.5. The Hall–Kier alpha value is -3.12. The summed E-state index contributed by atoms with van der Waals surface area (Å²) in [7, 11) is 0. The summed E-state index contributed by atoms with van der Waals surface area (Å²) in [5.41, 5.74) is 4.37. The lowest BCUT2D eigenvalue weighted by atomic mass is 9.99. The van der Waals surface area contributed by atoms with Gasteiger partial charge in [-0.2, -0.15) is 0 Å². The van der Waals surface area contributed by atoms with Crippen molar-refractivity contribution in [2.45, 2.75) is 51.5 Å². The second kappa shape index (κ2) is 10.9. The highest BCUT2D eigenvalue weighted by molar-refractivity contribution is 9.10. The van der Waals surface area contributed by atoms with Crippen molar-refractivity contribution in [3.8, 4) is 5.75 Å². The van der Waals surface area contributed by atoms with Gasteiger partial charge in [0, 0.05) is 35.6 Å². The van der Waals surface area contributed by atoms with Crippen molar-refractivity contribution >= 4 is 38.6 Å². The topological polar surface area (TPSA) is 47.4 Å². The van der Waals surface area contributed by atoms with Crippen LogP contribution in [0.2, 0.25) is 0 Å². The summed E-state index contributed by atoms with van der Waals surface area (Å²) in [6.45, 7) is 6.53. The number of para-hydroxylation sites is 2. The first-order valence-corrected chi connectivity index (χ1v) is 13.6. The molecule has 4 aromatic rings. The van der Waals surface area contributed by atoms with Gasteiger partial charge >= 0.3 is 0 Å². The van der Waals surface area contributed by atoms with Gasteiger partial charge in [-0.05, 0) is 72.9 Å². The summed E-state index contributed by atoms with van der Waals surface area (Å²) in [5.74, 6) is 2.66. The van der Waals surface area contributed by atoms with Gasteiger partial charge in [0.2, 0.25) is 5.91 Å². The van der Waals surface area contributed by atoms with E-state index in [0.717, 1.165) is 52.2 Å². The number of aryl methyl sites for hydroxylation is 1. The molecular formula is C30H32BrN3O2. The zero-order valence-electron chi connectivity index (χ0n) is 20.9. The molecule has 1 amide bonds. The number of aromatic nitrogens is 2. The van der Waals surface area contributed by atoms with Crippen molar-refractivity contribution < 1.29 is 9.53 Å². The molecule has 2 unspecified atom stereocenters. The van der Waals surface area contributed by atoms with Gasteiger partial charge in [-0.3, -0.25) is 4.79 Å². The van der Waals surface area contributed by atoms with Crippen molar-refractivity contribution in [2.75, 3.05) is 18.1 Å². The van der Waals surface area contributed by atoms with Gasteiger partial charge in [-0.25, -0.2) is 4.98 Å². The Morgan fingerprint density at radius 3 is 2.56 bits per heavy atom. The molecule has 5 rings (SSSR count). The van der Waals surface area contributed by atoms with Gasteiger partial charge in [0.25, 0.3) is 0 Å². The van der Waals surface area contributed by atoms with Crippen LogP contribution in [0.1, 0.15) is 56.3 Å². The van der Waals surface area contributed by atoms with E-state index in [1.807, 2.05) is 47.4 Å². The summed E-state index contributed by atoms with van der Waals surface area (Å²) in [4.78, 5) is 19.8. The minimum atomic E-state index is 0.0579. The molecule has 0 N–H and O–H groups in total. The molecule has 186 valence electrons. The van der Waals surface area contributed by atoms with Crippen LogP contribution < -0.4 is 9.64 Å². The van der Waals surface area contributed by atoms with E-state index in [9.17, 15) is 4.79 Å². The third kappa shape index (κ3) is 5.19. The fraction of sp³-hybridized carbons (Fsp3) is 0.333. The first kappa shape index (κ1) is 24.6. The number of anilines is 1. The largest absolute Gasteiger partial charge is 0.494 e. The molecule has 1 aliphatic heterocycles. The molecule has 6 heteroatoms. The van der Waals surface area contributed by atoms with Crippen LogP contribution in [-0.2, 0) is 11.3 Å². The van der Waals surface area contributed by atoms with Crippen LogP contribution >= 0.6 is 15.9 Å². The molecule has 36 heavy (non-hydrogen) atoms. The molecule has 1 aliphatic rings. The fourth-order valence-electron chi connectivity index (χ4n) is 4.93. The monoisotopic (exact) mass is 545 g/mol. The maximum Gasteiger partial charge on any atom is 0.227 e. The van der Waals surface area contributed by atoms with E-state index >= 15 is 0 Å². The number of carbonyl (C=O) groups is 1. The number of carbonyl (C=O) groups excluding carboxylic acids is 1. The predicted molar refractivity (Wildman–Crippen MR) is 149 cm³/mol. The lowest BCUT2D eigenvalue weighted by Crippen LogP contribution is -2.24. The van der Waals surface area contributed by atoms with Crippen molar-refractivity contribution in [1.82, 2.24) is 9.55 Å². The number of fused-ring (bicyclic) bond motifs is 1. The van der Waals surface area contributed by atoms with Gasteiger partial charge in [0.05, 0.1) is 17.6 Å². The number of nitrogens with zero attached hydrogens (tertiary/aromatic N) is 3. The third-order valence-electron chi connectivity index (χ3n) is 7.17. The molecule has 2 atom stereocenters. The Balaban J connectivity index is 1.28. The number of ether oxygens (including phenoxy) is 1. The van der Waals surface area contributed by atoms with E-state index in [-0.39, 0.29) is 11.8 Å². The number of benzene rings is 3. The number of amides is 1. The Morgan fingerprint density at radius 2 is 1.81 bits per heavy atom. The maximum absolute atomic E-state index is 12.9. The van der Waals surface area contributed by atoms with Crippen molar-refractivity contribution in [3.05, 3.63) is 88.7 Å². The molecule has 3 aromatic carbocycles. The van der Waals surface area contributed by atoms with Gasteiger partial charge in [-0.15, -0.1) is 0 Å². The maximum atomic E-state index is 12.9. The van der Waals surface area contributed by atoms with E-state index in [0.29, 0.717) is 25.5 Å². The van der Waals surface area contributed by atoms with Crippen LogP contribution in [0.5, 0.6) is 5.75 Å². The van der Waals surface area contributed by atoms with Crippen LogP contribution in [0, 0.1) is 0 Å². The highest BCUT2D eigenvalue weighted by Crippen LogP contribution is 2.34. The van der Waals surface area contributed by atoms with Crippen LogP contribution in [0.4, 0.5) is 5.69 Å². The van der Waals surface area contributed by atoms with Crippen molar-refractivity contribution in [1.29, 1.82) is 0 Å². The van der Waals surface area contributed by atoms with Gasteiger partial charge in [-0.1, -0.05) is 54.0 Å². The summed E-state index contributed by atoms with van der Waals surface area (Å²) >= 11 is 3.48. The lowest BCUT2D eigenvalue weighted by molar-refractivity contribution is -0.117. The fourth-order valence-corrected chi connectivity index (χ4v) is 5.20. The van der Waals surface area contributed by atoms with Crippen LogP contribution in [0.3, 0.4) is 0 Å². The molecule has 0 aliphatic carbocycles. The van der Waals surface area contributed by atoms with Gasteiger partial charge in [0.15, 0.2) is 0 Å². The first-order valence-electron chi connectivity index (χ1n) is 12.8. The molecule has 0 bridgehead atoms. The summed E-state index contributed by atoms with van der Waals surface area (Å²) in [5, 5.41) is 0. The number of rotatable bonds is 9. The van der Waals surface area contributed by atoms with Crippen LogP contribution in [-0.4, -0.2) is 28.6 Å². The molecule has 5 nitrogen and oxygen atoms in total. The standard InChI is InChI=1S/C30H32BrN3O2/c1-3-21(2)22-9-15-26(16-10-22)36-18-6-17-33-28-8-5-4-7-27(28)32-30(33)23-19-29(35)34(20-23)25-13-11-24(31)12-14-25/h4-5,7-16,21,23H,3,6,17-20H2,1-2H3. The number of halogens is 1. The Labute approximate surface area is 221 Å². The van der Waals surface area contributed by atoms with Gasteiger partial charge in [0.1, 0.15) is 11.6 Å². The minimum absolute atomic E-state index is 0.0579. The Bertz CT molecular complexity index is 1330. The second-order valence-electron chi connectivity index (χ2n) is 9.57. The van der Waals surface area contributed by atoms with E-state index in [2.05, 4.69) is 64.7 Å². The first-order chi connectivity index (χ1) is 17.5. The zero-order valence-corrected chi connectivity index (χ0v) is 22.4. The SMILES string of the molecule is CCC(C)c1ccc(OCCCn2c(C3CC(=O)N(c4ccc(Br)cc4)C3)nc3ccccc32)cc1. The minimum Gasteiger partial charge on any atom is -0.494 e. The average molecular weight is 547 g/mol. The number of imidazole rings is 1. The van der Waals surface area contributed by atoms with Crippen molar-refractivity contribution in [3.63, 3.8) is 0 Å². The molecule has 1 aromatic heterocycles. The predicted octanol–water partition coefficient (Wildman–Crippen LogP) is 7.30. The third-order valence-corrected chi connectivity index (χ3v) is 7.70. The molecule has 1 fully saturated rings. The van der Waals surface area contributed by atoms with Gasteiger partial charge < -0.3 is 14.2 Å². The molecular weight excluding hydrogens is 514 g/mol. The van der Waals surface area contributed by atoms with Crippen LogP contribution in [0.25, 0.3) is 11.0 Å². The molecule has 0 radical (unpaired) electrons. The van der Waals surface area contributed by atoms with E-state index < -0.39 is 0 Å². The summed E-state index contributed by atoms with van der Waals surface area (Å²) < 4.78 is 9.34. The smallest absolute Gasteiger partial charge is 0.227 e. The Kier molecular flexibility index (Phi) is 7.42. The van der Waals surface area contributed by atoms with Crippen LogP contribution in [0.15, 0.2) is 77.3 Å². The number of hydrogen-bond acceptors (Lipinski definition) is 3. The number of hydrogen-bond donors (Lipinski definition) is 0. The van der Waals surface area contributed by atoms with E-state index in [1.165, 1.54) is 5.56 Å². The lowest BCUT2D eigenvalue weighted by Gasteiger charge is -2.17. The quantitative estimate of drug-likeness (QED) is 0.207. The molecule has 0 saturated carbocycles. The highest BCUT2D eigenvalue weighted by Gasteiger charge is 2.34. The normalized spacial score (nSPS) is 16.6. The average Bonchev–Trinajstić information content (AvgIpc) is 3.47. The molecule has 1 saturated heterocycles. The zero-order chi connectivity index (χ0) is 25.1. The van der Waals surface area contributed by atoms with E-state index in [1.54, 1.807) is 0 Å². The molecule has 0 spiro atoms. The Morgan fingerprint density at radius 1 is 1.06 bits per heavy atom. The molecule has 2 heterocycles. The van der Waals surface area contributed by atoms with Crippen molar-refractivity contribution in [2.24, 2.45) is 0 Å². The summed E-state index contributed by atoms with van der Waals surface area (Å²) in [6.07, 6.45) is 2.46. The van der Waals surface area contributed by atoms with E-state index in [4.69, 9.17) is 9.72 Å². The highest BCUT2D eigenvalue weighted by atomic mass is 79.9.